The number of halogens is 2. The maximum absolute atomic E-state index is 10.1. The summed E-state index contributed by atoms with van der Waals surface area (Å²) in [5.74, 6) is 0.136. The molecule has 1 N–H and O–H groups in total. The van der Waals surface area contributed by atoms with Crippen LogP contribution in [0.25, 0.3) is 6.20 Å². The van der Waals surface area contributed by atoms with E-state index in [9.17, 15) is 5.11 Å². The molecule has 1 aliphatic heterocycles. The third-order valence-electron chi connectivity index (χ3n) is 3.73. The molecule has 0 bridgehead atoms. The minimum atomic E-state index is -0.00854. The molecule has 114 valence electrons. The summed E-state index contributed by atoms with van der Waals surface area (Å²) in [6.45, 7) is 4.29. The Hall–Kier alpha value is -1.56. The van der Waals surface area contributed by atoms with E-state index >= 15 is 0 Å². The average molecular weight is 354 g/mol. The molecule has 1 fully saturated rings. The molecule has 2 heterocycles. The number of anilines is 1. The first-order chi connectivity index (χ1) is 10.5. The maximum Gasteiger partial charge on any atom is 0.120 e. The van der Waals surface area contributed by atoms with Gasteiger partial charge in [-0.2, -0.15) is 5.10 Å². The minimum Gasteiger partial charge on any atom is -0.508 e. The lowest BCUT2D eigenvalue weighted by atomic mass is 9.97. The lowest BCUT2D eigenvalue weighted by molar-refractivity contribution is 0.463. The summed E-state index contributed by atoms with van der Waals surface area (Å²) in [5.41, 5.74) is 1.54. The molecule has 4 nitrogen and oxygen atoms in total. The molecule has 0 saturated carbocycles. The molecule has 7 heteroatoms. The molecule has 0 radical (unpaired) electrons. The van der Waals surface area contributed by atoms with E-state index in [0.29, 0.717) is 28.6 Å². The van der Waals surface area contributed by atoms with Crippen LogP contribution in [0.4, 0.5) is 5.69 Å². The van der Waals surface area contributed by atoms with Gasteiger partial charge < -0.3 is 10.0 Å². The van der Waals surface area contributed by atoms with Gasteiger partial charge in [0.1, 0.15) is 5.75 Å². The highest BCUT2D eigenvalue weighted by Gasteiger charge is 2.32. The minimum absolute atomic E-state index is 0.00854. The van der Waals surface area contributed by atoms with E-state index in [-0.39, 0.29) is 11.7 Å². The number of hydrogen-bond acceptors (Lipinski definition) is 3. The second-order valence-corrected chi connectivity index (χ2v) is 6.32. The van der Waals surface area contributed by atoms with Crippen molar-refractivity contribution >= 4 is 52.3 Å². The predicted molar refractivity (Wildman–Crippen MR) is 94.0 cm³/mol. The van der Waals surface area contributed by atoms with Crippen LogP contribution < -0.4 is 4.90 Å². The zero-order valence-corrected chi connectivity index (χ0v) is 13.9. The molecule has 3 rings (SSSR count). The smallest absolute Gasteiger partial charge is 0.120 e. The Kier molecular flexibility index (Phi) is 4.12. The normalized spacial score (nSPS) is 18.0. The van der Waals surface area contributed by atoms with Gasteiger partial charge in [0.05, 0.1) is 33.1 Å². The first-order valence-electron chi connectivity index (χ1n) is 6.65. The van der Waals surface area contributed by atoms with Crippen LogP contribution in [0.15, 0.2) is 31.1 Å². The van der Waals surface area contributed by atoms with Crippen LogP contribution in [-0.4, -0.2) is 26.4 Å². The van der Waals surface area contributed by atoms with E-state index in [0.717, 1.165) is 10.7 Å². The van der Waals surface area contributed by atoms with Crippen LogP contribution in [0.5, 0.6) is 5.75 Å². The van der Waals surface area contributed by atoms with Crippen molar-refractivity contribution in [2.45, 2.75) is 12.3 Å². The van der Waals surface area contributed by atoms with Crippen molar-refractivity contribution in [1.82, 2.24) is 9.78 Å². The zero-order chi connectivity index (χ0) is 15.9. The SMILES string of the molecule is C=Cn1cc(N2CC(c3c(O)ccc(Cl)c3Cl)CC2=S)cn1. The molecule has 2 aromatic rings. The summed E-state index contributed by atoms with van der Waals surface area (Å²) in [7, 11) is 0. The van der Waals surface area contributed by atoms with E-state index in [1.54, 1.807) is 29.2 Å². The Morgan fingerprint density at radius 3 is 2.86 bits per heavy atom. The number of rotatable bonds is 3. The van der Waals surface area contributed by atoms with Crippen molar-refractivity contribution in [3.8, 4) is 5.75 Å². The van der Waals surface area contributed by atoms with Crippen LogP contribution in [0.2, 0.25) is 10.0 Å². The van der Waals surface area contributed by atoms with Gasteiger partial charge in [-0.05, 0) is 12.1 Å². The van der Waals surface area contributed by atoms with Gasteiger partial charge in [0.25, 0.3) is 0 Å². The molecular formula is C15H13Cl2N3OS. The van der Waals surface area contributed by atoms with Gasteiger partial charge in [0, 0.05) is 30.6 Å². The monoisotopic (exact) mass is 353 g/mol. The van der Waals surface area contributed by atoms with Crippen molar-refractivity contribution in [2.75, 3.05) is 11.4 Å². The average Bonchev–Trinajstić information content (AvgIpc) is 3.10. The van der Waals surface area contributed by atoms with Crippen molar-refractivity contribution in [3.05, 3.63) is 46.7 Å². The van der Waals surface area contributed by atoms with Crippen LogP contribution in [-0.2, 0) is 0 Å². The standard InChI is InChI=1S/C15H13Cl2N3OS/c1-2-19-8-10(6-18-19)20-7-9(5-13(20)22)14-12(21)4-3-11(16)15(14)17/h2-4,6,8-9,21H,1,5,7H2. The lowest BCUT2D eigenvalue weighted by Gasteiger charge is -2.17. The molecule has 1 atom stereocenters. The van der Waals surface area contributed by atoms with Crippen LogP contribution in [0.3, 0.4) is 0 Å². The molecule has 0 amide bonds. The van der Waals surface area contributed by atoms with Crippen LogP contribution in [0.1, 0.15) is 17.9 Å². The molecule has 1 aliphatic rings. The van der Waals surface area contributed by atoms with E-state index in [1.165, 1.54) is 0 Å². The van der Waals surface area contributed by atoms with E-state index in [2.05, 4.69) is 11.7 Å². The number of phenolic OH excluding ortho intramolecular Hbond substituents is 1. The van der Waals surface area contributed by atoms with Crippen molar-refractivity contribution in [1.29, 1.82) is 0 Å². The molecular weight excluding hydrogens is 341 g/mol. The van der Waals surface area contributed by atoms with Gasteiger partial charge in [-0.3, -0.25) is 0 Å². The Labute approximate surface area is 143 Å². The molecule has 1 aromatic carbocycles. The van der Waals surface area contributed by atoms with Gasteiger partial charge in [-0.25, -0.2) is 4.68 Å². The summed E-state index contributed by atoms with van der Waals surface area (Å²) >= 11 is 17.8. The van der Waals surface area contributed by atoms with Crippen LogP contribution >= 0.6 is 35.4 Å². The fourth-order valence-corrected chi connectivity index (χ4v) is 3.52. The molecule has 0 spiro atoms. The van der Waals surface area contributed by atoms with Crippen LogP contribution in [0, 0.1) is 0 Å². The highest BCUT2D eigenvalue weighted by atomic mass is 35.5. The van der Waals surface area contributed by atoms with Gasteiger partial charge in [0.15, 0.2) is 0 Å². The summed E-state index contributed by atoms with van der Waals surface area (Å²) in [5, 5.41) is 15.1. The molecule has 0 aliphatic carbocycles. The highest BCUT2D eigenvalue weighted by molar-refractivity contribution is 7.80. The largest absolute Gasteiger partial charge is 0.508 e. The Morgan fingerprint density at radius 2 is 2.18 bits per heavy atom. The quantitative estimate of drug-likeness (QED) is 0.834. The van der Waals surface area contributed by atoms with Gasteiger partial charge >= 0.3 is 0 Å². The summed E-state index contributed by atoms with van der Waals surface area (Å²) in [4.78, 5) is 2.77. The number of aromatic nitrogens is 2. The van der Waals surface area contributed by atoms with E-state index in [1.807, 2.05) is 11.1 Å². The fraction of sp³-hybridized carbons (Fsp3) is 0.200. The number of benzene rings is 1. The zero-order valence-electron chi connectivity index (χ0n) is 11.5. The number of hydrogen-bond donors (Lipinski definition) is 1. The Morgan fingerprint density at radius 1 is 1.41 bits per heavy atom. The summed E-state index contributed by atoms with van der Waals surface area (Å²) < 4.78 is 1.62. The summed E-state index contributed by atoms with van der Waals surface area (Å²) in [6.07, 6.45) is 5.82. The van der Waals surface area contributed by atoms with Gasteiger partial charge in [0.2, 0.25) is 0 Å². The number of nitrogens with zero attached hydrogens (tertiary/aromatic N) is 3. The fourth-order valence-electron chi connectivity index (χ4n) is 2.66. The van der Waals surface area contributed by atoms with E-state index < -0.39 is 0 Å². The Bertz CT molecular complexity index is 759. The third-order valence-corrected chi connectivity index (χ3v) is 4.94. The van der Waals surface area contributed by atoms with Crippen molar-refractivity contribution in [3.63, 3.8) is 0 Å². The Balaban J connectivity index is 1.92. The third kappa shape index (κ3) is 2.60. The van der Waals surface area contributed by atoms with E-state index in [4.69, 9.17) is 35.4 Å². The van der Waals surface area contributed by atoms with Crippen molar-refractivity contribution < 1.29 is 5.11 Å². The molecule has 1 saturated heterocycles. The number of aromatic hydroxyl groups is 1. The predicted octanol–water partition coefficient (Wildman–Crippen LogP) is 4.32. The van der Waals surface area contributed by atoms with Gasteiger partial charge in [-0.1, -0.05) is 42.0 Å². The second kappa shape index (κ2) is 5.91. The topological polar surface area (TPSA) is 41.3 Å². The molecule has 1 aromatic heterocycles. The second-order valence-electron chi connectivity index (χ2n) is 5.06. The first kappa shape index (κ1) is 15.3. The molecule has 22 heavy (non-hydrogen) atoms. The van der Waals surface area contributed by atoms with Crippen molar-refractivity contribution in [2.24, 2.45) is 0 Å². The number of phenols is 1. The lowest BCUT2D eigenvalue weighted by Crippen LogP contribution is -2.22. The van der Waals surface area contributed by atoms with Gasteiger partial charge in [-0.15, -0.1) is 0 Å². The molecule has 1 unspecified atom stereocenters. The summed E-state index contributed by atoms with van der Waals surface area (Å²) in [6, 6.07) is 3.15. The highest BCUT2D eigenvalue weighted by Crippen LogP contribution is 2.42. The number of thiocarbonyl (C=S) groups is 1. The maximum atomic E-state index is 10.1. The first-order valence-corrected chi connectivity index (χ1v) is 7.81.